The Morgan fingerprint density at radius 3 is 2.89 bits per heavy atom. The molecule has 98 valence electrons. The van der Waals surface area contributed by atoms with E-state index in [9.17, 15) is 4.79 Å². The summed E-state index contributed by atoms with van der Waals surface area (Å²) in [6.45, 7) is 0.848. The molecule has 1 aromatic carbocycles. The summed E-state index contributed by atoms with van der Waals surface area (Å²) < 4.78 is 0. The van der Waals surface area contributed by atoms with Crippen LogP contribution in [0.25, 0.3) is 0 Å². The van der Waals surface area contributed by atoms with Gasteiger partial charge in [-0.3, -0.25) is 0 Å². The lowest BCUT2D eigenvalue weighted by atomic mass is 10.2. The highest BCUT2D eigenvalue weighted by molar-refractivity contribution is 6.30. The summed E-state index contributed by atoms with van der Waals surface area (Å²) in [6.07, 6.45) is 2.06. The number of nitrogens with one attached hydrogen (secondary N) is 1. The highest BCUT2D eigenvalue weighted by Gasteiger charge is 2.31. The summed E-state index contributed by atoms with van der Waals surface area (Å²) in [5, 5.41) is 12.5. The SMILES string of the molecule is O=C(NCc1cccc(Cl)c1)N(CCO)C1CC1. The third kappa shape index (κ3) is 3.62. The number of benzene rings is 1. The fourth-order valence-corrected chi connectivity index (χ4v) is 2.08. The van der Waals surface area contributed by atoms with Gasteiger partial charge in [0.05, 0.1) is 6.61 Å². The Hall–Kier alpha value is -1.26. The number of aliphatic hydroxyl groups is 1. The number of nitrogens with zero attached hydrogens (tertiary/aromatic N) is 1. The van der Waals surface area contributed by atoms with E-state index in [4.69, 9.17) is 16.7 Å². The van der Waals surface area contributed by atoms with Gasteiger partial charge in [-0.15, -0.1) is 0 Å². The smallest absolute Gasteiger partial charge is 0.317 e. The van der Waals surface area contributed by atoms with Crippen LogP contribution in [0, 0.1) is 0 Å². The van der Waals surface area contributed by atoms with Crippen LogP contribution in [-0.2, 0) is 6.54 Å². The maximum Gasteiger partial charge on any atom is 0.317 e. The molecule has 1 saturated carbocycles. The van der Waals surface area contributed by atoms with Crippen LogP contribution in [0.15, 0.2) is 24.3 Å². The summed E-state index contributed by atoms with van der Waals surface area (Å²) in [6, 6.07) is 7.59. The van der Waals surface area contributed by atoms with Gasteiger partial charge in [-0.05, 0) is 30.5 Å². The van der Waals surface area contributed by atoms with Gasteiger partial charge in [0.15, 0.2) is 0 Å². The molecule has 2 rings (SSSR count). The van der Waals surface area contributed by atoms with Crippen LogP contribution in [0.2, 0.25) is 5.02 Å². The molecule has 5 heteroatoms. The van der Waals surface area contributed by atoms with Gasteiger partial charge in [-0.25, -0.2) is 4.79 Å². The van der Waals surface area contributed by atoms with Gasteiger partial charge >= 0.3 is 6.03 Å². The number of hydrogen-bond acceptors (Lipinski definition) is 2. The first-order valence-electron chi connectivity index (χ1n) is 6.10. The van der Waals surface area contributed by atoms with E-state index in [0.29, 0.717) is 24.2 Å². The molecule has 0 bridgehead atoms. The Morgan fingerprint density at radius 1 is 1.50 bits per heavy atom. The van der Waals surface area contributed by atoms with E-state index >= 15 is 0 Å². The van der Waals surface area contributed by atoms with E-state index < -0.39 is 0 Å². The summed E-state index contributed by atoms with van der Waals surface area (Å²) in [4.78, 5) is 13.6. The number of carbonyl (C=O) groups is 1. The monoisotopic (exact) mass is 268 g/mol. The Bertz CT molecular complexity index is 421. The normalized spacial score (nSPS) is 14.3. The van der Waals surface area contributed by atoms with Gasteiger partial charge in [0.2, 0.25) is 0 Å². The molecule has 1 aromatic rings. The molecule has 0 aliphatic heterocycles. The van der Waals surface area contributed by atoms with Crippen LogP contribution in [-0.4, -0.2) is 35.2 Å². The first-order chi connectivity index (χ1) is 8.70. The van der Waals surface area contributed by atoms with Crippen LogP contribution in [0.1, 0.15) is 18.4 Å². The fraction of sp³-hybridized carbons (Fsp3) is 0.462. The molecular weight excluding hydrogens is 252 g/mol. The van der Waals surface area contributed by atoms with Crippen molar-refractivity contribution in [3.8, 4) is 0 Å². The van der Waals surface area contributed by atoms with E-state index in [1.165, 1.54) is 0 Å². The number of rotatable bonds is 5. The average Bonchev–Trinajstić information content (AvgIpc) is 3.17. The van der Waals surface area contributed by atoms with Crippen molar-refractivity contribution in [1.82, 2.24) is 10.2 Å². The molecule has 0 unspecified atom stereocenters. The molecule has 2 N–H and O–H groups in total. The van der Waals surface area contributed by atoms with Crippen molar-refractivity contribution in [2.75, 3.05) is 13.2 Å². The van der Waals surface area contributed by atoms with E-state index in [2.05, 4.69) is 5.32 Å². The number of urea groups is 1. The molecule has 0 saturated heterocycles. The van der Waals surface area contributed by atoms with E-state index in [-0.39, 0.29) is 12.6 Å². The lowest BCUT2D eigenvalue weighted by Crippen LogP contribution is -2.42. The van der Waals surface area contributed by atoms with E-state index in [1.807, 2.05) is 18.2 Å². The van der Waals surface area contributed by atoms with Crippen molar-refractivity contribution in [2.45, 2.75) is 25.4 Å². The molecule has 0 aromatic heterocycles. The number of amides is 2. The molecule has 0 radical (unpaired) electrons. The Kier molecular flexibility index (Phi) is 4.44. The molecule has 0 atom stereocenters. The van der Waals surface area contributed by atoms with Gasteiger partial charge in [0.25, 0.3) is 0 Å². The van der Waals surface area contributed by atoms with Crippen LogP contribution in [0.4, 0.5) is 4.79 Å². The number of hydrogen-bond donors (Lipinski definition) is 2. The van der Waals surface area contributed by atoms with Crippen LogP contribution < -0.4 is 5.32 Å². The third-order valence-corrected chi connectivity index (χ3v) is 3.16. The molecule has 0 spiro atoms. The van der Waals surface area contributed by atoms with Crippen molar-refractivity contribution < 1.29 is 9.90 Å². The molecule has 1 aliphatic rings. The second-order valence-corrected chi connectivity index (χ2v) is 4.87. The number of halogens is 1. The number of aliphatic hydroxyl groups excluding tert-OH is 1. The maximum absolute atomic E-state index is 11.9. The largest absolute Gasteiger partial charge is 0.395 e. The van der Waals surface area contributed by atoms with Crippen LogP contribution >= 0.6 is 11.6 Å². The van der Waals surface area contributed by atoms with Crippen molar-refractivity contribution in [1.29, 1.82) is 0 Å². The highest BCUT2D eigenvalue weighted by atomic mass is 35.5. The second-order valence-electron chi connectivity index (χ2n) is 4.44. The average molecular weight is 269 g/mol. The molecule has 0 heterocycles. The third-order valence-electron chi connectivity index (χ3n) is 2.92. The molecule has 1 aliphatic carbocycles. The zero-order valence-electron chi connectivity index (χ0n) is 10.1. The van der Waals surface area contributed by atoms with Gasteiger partial charge in [0, 0.05) is 24.2 Å². The predicted octanol–water partition coefficient (Wildman–Crippen LogP) is 2.01. The molecule has 4 nitrogen and oxygen atoms in total. The molecule has 18 heavy (non-hydrogen) atoms. The van der Waals surface area contributed by atoms with Gasteiger partial charge < -0.3 is 15.3 Å². The highest BCUT2D eigenvalue weighted by Crippen LogP contribution is 2.26. The minimum Gasteiger partial charge on any atom is -0.395 e. The Balaban J connectivity index is 1.86. The Morgan fingerprint density at radius 2 is 2.28 bits per heavy atom. The standard InChI is InChI=1S/C13H17ClN2O2/c14-11-3-1-2-10(8-11)9-15-13(18)16(6-7-17)12-4-5-12/h1-3,8,12,17H,4-7,9H2,(H,15,18). The van der Waals surface area contributed by atoms with Crippen LogP contribution in [0.5, 0.6) is 0 Å². The summed E-state index contributed by atoms with van der Waals surface area (Å²) in [5.41, 5.74) is 0.968. The predicted molar refractivity (Wildman–Crippen MR) is 70.5 cm³/mol. The van der Waals surface area contributed by atoms with Gasteiger partial charge in [0.1, 0.15) is 0 Å². The second kappa shape index (κ2) is 6.07. The number of carbonyl (C=O) groups excluding carboxylic acids is 1. The lowest BCUT2D eigenvalue weighted by molar-refractivity contribution is 0.173. The summed E-state index contributed by atoms with van der Waals surface area (Å²) >= 11 is 5.88. The van der Waals surface area contributed by atoms with E-state index in [0.717, 1.165) is 18.4 Å². The van der Waals surface area contributed by atoms with Crippen molar-refractivity contribution in [3.05, 3.63) is 34.9 Å². The zero-order valence-corrected chi connectivity index (χ0v) is 10.9. The first-order valence-corrected chi connectivity index (χ1v) is 6.48. The minimum atomic E-state index is -0.119. The molecule has 2 amide bonds. The van der Waals surface area contributed by atoms with Crippen LogP contribution in [0.3, 0.4) is 0 Å². The van der Waals surface area contributed by atoms with Gasteiger partial charge in [-0.2, -0.15) is 0 Å². The Labute approximate surface area is 112 Å². The zero-order chi connectivity index (χ0) is 13.0. The van der Waals surface area contributed by atoms with E-state index in [1.54, 1.807) is 11.0 Å². The van der Waals surface area contributed by atoms with Crippen molar-refractivity contribution in [3.63, 3.8) is 0 Å². The molecule has 1 fully saturated rings. The van der Waals surface area contributed by atoms with Gasteiger partial charge in [-0.1, -0.05) is 23.7 Å². The lowest BCUT2D eigenvalue weighted by Gasteiger charge is -2.21. The maximum atomic E-state index is 11.9. The first kappa shape index (κ1) is 13.2. The van der Waals surface area contributed by atoms with Crippen molar-refractivity contribution >= 4 is 17.6 Å². The summed E-state index contributed by atoms with van der Waals surface area (Å²) in [7, 11) is 0. The molecular formula is C13H17ClN2O2. The van der Waals surface area contributed by atoms with Crippen molar-refractivity contribution in [2.24, 2.45) is 0 Å². The topological polar surface area (TPSA) is 52.6 Å². The quantitative estimate of drug-likeness (QED) is 0.858. The summed E-state index contributed by atoms with van der Waals surface area (Å²) in [5.74, 6) is 0. The minimum absolute atomic E-state index is 0.00108. The fourth-order valence-electron chi connectivity index (χ4n) is 1.87.